The molecule has 5 aromatic carbocycles. The Bertz CT molecular complexity index is 1660. The Kier molecular flexibility index (Phi) is 14.4. The molecule has 8 nitrogen and oxygen atoms in total. The van der Waals surface area contributed by atoms with E-state index in [2.05, 4.69) is 50.2 Å². The van der Waals surface area contributed by atoms with Crippen LogP contribution in [0.5, 0.6) is 23.0 Å². The molecular formula is C41H43BrN4O4. The van der Waals surface area contributed by atoms with Crippen molar-refractivity contribution in [3.05, 3.63) is 132 Å². The van der Waals surface area contributed by atoms with Gasteiger partial charge in [0.1, 0.15) is 36.2 Å². The number of halogens is 1. The van der Waals surface area contributed by atoms with Gasteiger partial charge in [0.2, 0.25) is 0 Å². The summed E-state index contributed by atoms with van der Waals surface area (Å²) in [6.07, 6.45) is 4.30. The molecule has 0 aromatic heterocycles. The summed E-state index contributed by atoms with van der Waals surface area (Å²) in [6.45, 7) is 6.57. The van der Waals surface area contributed by atoms with Crippen LogP contribution < -0.4 is 18.9 Å². The lowest BCUT2D eigenvalue weighted by atomic mass is 10.2. The maximum Gasteiger partial charge on any atom is 0.123 e. The number of alkyl halides is 1. The Balaban J connectivity index is 1.09. The van der Waals surface area contributed by atoms with Crippen LogP contribution in [0.1, 0.15) is 56.2 Å². The number of unbranched alkanes of at least 4 members (excludes halogenated alkanes) is 2. The lowest BCUT2D eigenvalue weighted by Gasteiger charge is -2.12. The van der Waals surface area contributed by atoms with E-state index in [-0.39, 0.29) is 0 Å². The second-order valence-electron chi connectivity index (χ2n) is 11.6. The minimum absolute atomic E-state index is 0.412. The van der Waals surface area contributed by atoms with Crippen molar-refractivity contribution in [3.8, 4) is 23.0 Å². The van der Waals surface area contributed by atoms with Crippen molar-refractivity contribution in [1.82, 2.24) is 0 Å². The van der Waals surface area contributed by atoms with Crippen molar-refractivity contribution in [2.75, 3.05) is 13.2 Å². The molecule has 0 spiro atoms. The summed E-state index contributed by atoms with van der Waals surface area (Å²) < 4.78 is 23.7. The third kappa shape index (κ3) is 12.1. The predicted molar refractivity (Wildman–Crippen MR) is 203 cm³/mol. The van der Waals surface area contributed by atoms with Crippen LogP contribution in [0.3, 0.4) is 0 Å². The van der Waals surface area contributed by atoms with E-state index >= 15 is 0 Å². The standard InChI is InChI=1S/C41H43BrN4O4/c1-3-5-23-47-38-19-15-36(16-20-38)45-43-34-11-7-31(8-12-34)29-49-40-25-33(28-42)26-41(27-40)50-30-32-9-13-35(14-10-32)44-46-37-17-21-39(22-18-37)48-24-6-4-2/h7-22,25-27H,3-6,23-24,28-30H2,1-2H3. The van der Waals surface area contributed by atoms with Crippen LogP contribution in [0.2, 0.25) is 0 Å². The highest BCUT2D eigenvalue weighted by atomic mass is 79.9. The predicted octanol–water partition coefficient (Wildman–Crippen LogP) is 12.9. The zero-order valence-electron chi connectivity index (χ0n) is 28.6. The molecule has 0 aliphatic heterocycles. The SMILES string of the molecule is CCCCOc1ccc(N=Nc2ccc(COc3cc(CBr)cc(OCc4ccc(N=Nc5ccc(OCCCC)cc5)cc4)c3)cc2)cc1. The van der Waals surface area contributed by atoms with Crippen LogP contribution in [0.25, 0.3) is 0 Å². The van der Waals surface area contributed by atoms with Gasteiger partial charge in [-0.25, -0.2) is 0 Å². The molecule has 5 aromatic rings. The Labute approximate surface area is 303 Å². The quantitative estimate of drug-likeness (QED) is 0.0480. The van der Waals surface area contributed by atoms with Gasteiger partial charge in [-0.1, -0.05) is 66.9 Å². The lowest BCUT2D eigenvalue weighted by Crippen LogP contribution is -1.99. The van der Waals surface area contributed by atoms with Crippen LogP contribution in [0.15, 0.2) is 136 Å². The normalized spacial score (nSPS) is 11.3. The zero-order chi connectivity index (χ0) is 34.8. The Hall–Kier alpha value is -5.02. The van der Waals surface area contributed by atoms with Crippen molar-refractivity contribution < 1.29 is 18.9 Å². The minimum Gasteiger partial charge on any atom is -0.494 e. The Morgan fingerprint density at radius 1 is 0.420 bits per heavy atom. The second kappa shape index (κ2) is 19.8. The monoisotopic (exact) mass is 734 g/mol. The maximum absolute atomic E-state index is 6.15. The number of hydrogen-bond donors (Lipinski definition) is 0. The number of nitrogens with zero attached hydrogens (tertiary/aromatic N) is 4. The smallest absolute Gasteiger partial charge is 0.123 e. The van der Waals surface area contributed by atoms with Gasteiger partial charge in [0, 0.05) is 11.4 Å². The van der Waals surface area contributed by atoms with Crippen LogP contribution >= 0.6 is 15.9 Å². The Morgan fingerprint density at radius 2 is 0.780 bits per heavy atom. The van der Waals surface area contributed by atoms with E-state index in [1.807, 2.05) is 115 Å². The summed E-state index contributed by atoms with van der Waals surface area (Å²) in [7, 11) is 0. The summed E-state index contributed by atoms with van der Waals surface area (Å²) in [5.74, 6) is 3.16. The molecule has 0 saturated heterocycles. The third-order valence-electron chi connectivity index (χ3n) is 7.55. The summed E-state index contributed by atoms with van der Waals surface area (Å²) in [5, 5.41) is 18.1. The number of rotatable bonds is 19. The average Bonchev–Trinajstić information content (AvgIpc) is 3.16. The largest absolute Gasteiger partial charge is 0.494 e. The first kappa shape index (κ1) is 36.3. The van der Waals surface area contributed by atoms with Gasteiger partial charge in [-0.3, -0.25) is 0 Å². The van der Waals surface area contributed by atoms with Crippen molar-refractivity contribution in [2.45, 2.75) is 58.1 Å². The van der Waals surface area contributed by atoms with Gasteiger partial charge in [0.15, 0.2) is 0 Å². The van der Waals surface area contributed by atoms with E-state index in [0.29, 0.717) is 18.5 Å². The first-order chi connectivity index (χ1) is 24.6. The molecule has 0 heterocycles. The molecule has 9 heteroatoms. The molecule has 50 heavy (non-hydrogen) atoms. The third-order valence-corrected chi connectivity index (χ3v) is 8.19. The topological polar surface area (TPSA) is 86.4 Å². The van der Waals surface area contributed by atoms with Crippen molar-refractivity contribution >= 4 is 38.7 Å². The maximum atomic E-state index is 6.15. The molecular weight excluding hydrogens is 692 g/mol. The Morgan fingerprint density at radius 3 is 1.12 bits per heavy atom. The number of hydrogen-bond acceptors (Lipinski definition) is 8. The van der Waals surface area contributed by atoms with Gasteiger partial charge in [-0.05, 0) is 114 Å². The van der Waals surface area contributed by atoms with Crippen molar-refractivity contribution in [2.24, 2.45) is 20.5 Å². The summed E-state index contributed by atoms with van der Waals surface area (Å²) in [6, 6.07) is 37.0. The van der Waals surface area contributed by atoms with Gasteiger partial charge in [0.25, 0.3) is 0 Å². The highest BCUT2D eigenvalue weighted by molar-refractivity contribution is 9.08. The van der Waals surface area contributed by atoms with E-state index in [1.54, 1.807) is 0 Å². The zero-order valence-corrected chi connectivity index (χ0v) is 30.2. The van der Waals surface area contributed by atoms with Gasteiger partial charge >= 0.3 is 0 Å². The van der Waals surface area contributed by atoms with Crippen LogP contribution in [0, 0.1) is 0 Å². The molecule has 0 aliphatic carbocycles. The van der Waals surface area contributed by atoms with E-state index in [9.17, 15) is 0 Å². The van der Waals surface area contributed by atoms with Crippen LogP contribution in [-0.4, -0.2) is 13.2 Å². The summed E-state index contributed by atoms with van der Waals surface area (Å²) >= 11 is 3.57. The highest BCUT2D eigenvalue weighted by Gasteiger charge is 2.06. The minimum atomic E-state index is 0.412. The second-order valence-corrected chi connectivity index (χ2v) is 12.2. The van der Waals surface area contributed by atoms with E-state index in [0.717, 1.165) is 101 Å². The number of benzene rings is 5. The fourth-order valence-corrected chi connectivity index (χ4v) is 4.97. The molecule has 0 fully saturated rings. The van der Waals surface area contributed by atoms with Gasteiger partial charge < -0.3 is 18.9 Å². The van der Waals surface area contributed by atoms with Gasteiger partial charge in [0.05, 0.1) is 36.0 Å². The van der Waals surface area contributed by atoms with Crippen molar-refractivity contribution in [3.63, 3.8) is 0 Å². The molecule has 0 unspecified atom stereocenters. The van der Waals surface area contributed by atoms with Crippen LogP contribution in [0.4, 0.5) is 22.7 Å². The number of azo groups is 2. The summed E-state index contributed by atoms with van der Waals surface area (Å²) in [4.78, 5) is 0. The molecule has 5 rings (SSSR count). The number of ether oxygens (including phenoxy) is 4. The molecule has 258 valence electrons. The van der Waals surface area contributed by atoms with E-state index in [1.165, 1.54) is 0 Å². The lowest BCUT2D eigenvalue weighted by molar-refractivity contribution is 0.289. The van der Waals surface area contributed by atoms with Gasteiger partial charge in [-0.15, -0.1) is 0 Å². The molecule has 0 atom stereocenters. The van der Waals surface area contributed by atoms with E-state index < -0.39 is 0 Å². The average molecular weight is 736 g/mol. The molecule has 0 saturated carbocycles. The first-order valence-electron chi connectivity index (χ1n) is 17.0. The highest BCUT2D eigenvalue weighted by Crippen LogP contribution is 2.28. The van der Waals surface area contributed by atoms with Crippen LogP contribution in [-0.2, 0) is 18.5 Å². The fraction of sp³-hybridized carbons (Fsp3) is 0.268. The molecule has 0 radical (unpaired) electrons. The molecule has 0 N–H and O–H groups in total. The first-order valence-corrected chi connectivity index (χ1v) is 18.1. The fourth-order valence-electron chi connectivity index (χ4n) is 4.64. The molecule has 0 bridgehead atoms. The molecule has 0 aliphatic rings. The summed E-state index contributed by atoms with van der Waals surface area (Å²) in [5.41, 5.74) is 6.19. The van der Waals surface area contributed by atoms with Crippen molar-refractivity contribution in [1.29, 1.82) is 0 Å². The van der Waals surface area contributed by atoms with E-state index in [4.69, 9.17) is 18.9 Å². The molecule has 0 amide bonds. The van der Waals surface area contributed by atoms with Gasteiger partial charge in [-0.2, -0.15) is 20.5 Å².